The highest BCUT2D eigenvalue weighted by Crippen LogP contribution is 2.23. The van der Waals surface area contributed by atoms with Crippen LogP contribution in [0.15, 0.2) is 18.2 Å². The molecule has 0 radical (unpaired) electrons. The van der Waals surface area contributed by atoms with Gasteiger partial charge in [0.2, 0.25) is 0 Å². The molecular weight excluding hydrogens is 258 g/mol. The summed E-state index contributed by atoms with van der Waals surface area (Å²) in [5, 5.41) is 2.75. The number of amides is 1. The van der Waals surface area contributed by atoms with Gasteiger partial charge in [-0.15, -0.1) is 0 Å². The molecule has 108 valence electrons. The standard InChI is InChI=1S/C15H19NO4/c1-9-4-6-12(11(8-9)15(18)19-3)16-14(17)13-7-5-10(2)20-13/h4,6,8,10,13H,5,7H2,1-3H3,(H,16,17). The first-order valence-electron chi connectivity index (χ1n) is 6.66. The molecule has 0 saturated carbocycles. The summed E-state index contributed by atoms with van der Waals surface area (Å²) in [6.07, 6.45) is 1.23. The van der Waals surface area contributed by atoms with Crippen LogP contribution in [0.2, 0.25) is 0 Å². The molecule has 1 fully saturated rings. The summed E-state index contributed by atoms with van der Waals surface area (Å²) in [6.45, 7) is 3.82. The van der Waals surface area contributed by atoms with Crippen molar-refractivity contribution in [2.24, 2.45) is 0 Å². The number of benzene rings is 1. The summed E-state index contributed by atoms with van der Waals surface area (Å²) < 4.78 is 10.3. The van der Waals surface area contributed by atoms with E-state index in [-0.39, 0.29) is 12.0 Å². The predicted octanol–water partition coefficient (Wildman–Crippen LogP) is 2.29. The minimum atomic E-state index is -0.468. The highest BCUT2D eigenvalue weighted by atomic mass is 16.5. The fraction of sp³-hybridized carbons (Fsp3) is 0.467. The minimum Gasteiger partial charge on any atom is -0.465 e. The third-order valence-corrected chi connectivity index (χ3v) is 3.36. The Morgan fingerprint density at radius 1 is 1.35 bits per heavy atom. The Morgan fingerprint density at radius 2 is 2.10 bits per heavy atom. The molecule has 1 aliphatic rings. The Bertz CT molecular complexity index is 527. The van der Waals surface area contributed by atoms with Crippen molar-refractivity contribution in [3.05, 3.63) is 29.3 Å². The third-order valence-electron chi connectivity index (χ3n) is 3.36. The predicted molar refractivity (Wildman–Crippen MR) is 74.7 cm³/mol. The molecule has 0 spiro atoms. The Labute approximate surface area is 118 Å². The minimum absolute atomic E-state index is 0.101. The Kier molecular flexibility index (Phi) is 4.39. The summed E-state index contributed by atoms with van der Waals surface area (Å²) >= 11 is 0. The number of methoxy groups -OCH3 is 1. The van der Waals surface area contributed by atoms with E-state index in [9.17, 15) is 9.59 Å². The molecule has 0 bridgehead atoms. The highest BCUT2D eigenvalue weighted by Gasteiger charge is 2.28. The number of hydrogen-bond donors (Lipinski definition) is 1. The van der Waals surface area contributed by atoms with E-state index in [1.54, 1.807) is 12.1 Å². The van der Waals surface area contributed by atoms with E-state index < -0.39 is 12.1 Å². The van der Waals surface area contributed by atoms with Crippen LogP contribution < -0.4 is 5.32 Å². The van der Waals surface area contributed by atoms with Crippen molar-refractivity contribution < 1.29 is 19.1 Å². The topological polar surface area (TPSA) is 64.6 Å². The van der Waals surface area contributed by atoms with Gasteiger partial charge in [0.05, 0.1) is 24.5 Å². The maximum atomic E-state index is 12.1. The van der Waals surface area contributed by atoms with Crippen LogP contribution in [0.5, 0.6) is 0 Å². The van der Waals surface area contributed by atoms with Crippen LogP contribution in [0.1, 0.15) is 35.7 Å². The largest absolute Gasteiger partial charge is 0.465 e. The van der Waals surface area contributed by atoms with Crippen molar-refractivity contribution in [2.75, 3.05) is 12.4 Å². The molecule has 1 N–H and O–H groups in total. The summed E-state index contributed by atoms with van der Waals surface area (Å²) in [5.41, 5.74) is 1.73. The van der Waals surface area contributed by atoms with E-state index in [2.05, 4.69) is 5.32 Å². The SMILES string of the molecule is COC(=O)c1cc(C)ccc1NC(=O)C1CCC(C)O1. The van der Waals surface area contributed by atoms with Gasteiger partial charge >= 0.3 is 5.97 Å². The van der Waals surface area contributed by atoms with Crippen molar-refractivity contribution >= 4 is 17.6 Å². The van der Waals surface area contributed by atoms with E-state index in [4.69, 9.17) is 9.47 Å². The van der Waals surface area contributed by atoms with Gasteiger partial charge in [-0.1, -0.05) is 11.6 Å². The molecule has 0 aromatic heterocycles. The molecule has 2 atom stereocenters. The first kappa shape index (κ1) is 14.5. The molecule has 2 unspecified atom stereocenters. The van der Waals surface area contributed by atoms with Crippen LogP contribution in [-0.4, -0.2) is 31.2 Å². The second-order valence-corrected chi connectivity index (χ2v) is 5.04. The lowest BCUT2D eigenvalue weighted by Crippen LogP contribution is -2.28. The van der Waals surface area contributed by atoms with Gasteiger partial charge in [0, 0.05) is 0 Å². The lowest BCUT2D eigenvalue weighted by Gasteiger charge is -2.14. The fourth-order valence-electron chi connectivity index (χ4n) is 2.25. The van der Waals surface area contributed by atoms with Crippen molar-refractivity contribution in [3.8, 4) is 0 Å². The maximum Gasteiger partial charge on any atom is 0.339 e. The second-order valence-electron chi connectivity index (χ2n) is 5.04. The van der Waals surface area contributed by atoms with Crippen molar-refractivity contribution in [1.82, 2.24) is 0 Å². The van der Waals surface area contributed by atoms with Gasteiger partial charge in [0.15, 0.2) is 0 Å². The summed E-state index contributed by atoms with van der Waals surface area (Å²) in [7, 11) is 1.32. The number of carbonyl (C=O) groups excluding carboxylic acids is 2. The molecular formula is C15H19NO4. The van der Waals surface area contributed by atoms with E-state index >= 15 is 0 Å². The maximum absolute atomic E-state index is 12.1. The van der Waals surface area contributed by atoms with Crippen molar-refractivity contribution in [1.29, 1.82) is 0 Å². The molecule has 20 heavy (non-hydrogen) atoms. The van der Waals surface area contributed by atoms with Crippen molar-refractivity contribution in [2.45, 2.75) is 38.9 Å². The zero-order chi connectivity index (χ0) is 14.7. The fourth-order valence-corrected chi connectivity index (χ4v) is 2.25. The van der Waals surface area contributed by atoms with E-state index in [1.165, 1.54) is 7.11 Å². The molecule has 1 saturated heterocycles. The van der Waals surface area contributed by atoms with Crippen LogP contribution in [0.25, 0.3) is 0 Å². The number of ether oxygens (including phenoxy) is 2. The normalized spacial score (nSPS) is 21.6. The lowest BCUT2D eigenvalue weighted by atomic mass is 10.1. The smallest absolute Gasteiger partial charge is 0.339 e. The van der Waals surface area contributed by atoms with Crippen LogP contribution in [0, 0.1) is 6.92 Å². The second kappa shape index (κ2) is 6.05. The monoisotopic (exact) mass is 277 g/mol. The van der Waals surface area contributed by atoms with Crippen LogP contribution in [-0.2, 0) is 14.3 Å². The lowest BCUT2D eigenvalue weighted by molar-refractivity contribution is -0.126. The zero-order valence-corrected chi connectivity index (χ0v) is 11.9. The number of carbonyl (C=O) groups is 2. The molecule has 1 aromatic carbocycles. The first-order chi connectivity index (χ1) is 9.51. The number of aryl methyl sites for hydroxylation is 1. The van der Waals surface area contributed by atoms with Gasteiger partial charge in [-0.3, -0.25) is 4.79 Å². The number of nitrogens with one attached hydrogen (secondary N) is 1. The van der Waals surface area contributed by atoms with Crippen LogP contribution in [0.3, 0.4) is 0 Å². The Morgan fingerprint density at radius 3 is 2.70 bits per heavy atom. The highest BCUT2D eigenvalue weighted by molar-refractivity contribution is 6.02. The van der Waals surface area contributed by atoms with Crippen LogP contribution in [0.4, 0.5) is 5.69 Å². The molecule has 1 heterocycles. The molecule has 5 nitrogen and oxygen atoms in total. The summed E-state index contributed by atoms with van der Waals surface area (Å²) in [4.78, 5) is 23.9. The Hall–Kier alpha value is -1.88. The van der Waals surface area contributed by atoms with Gasteiger partial charge in [0.25, 0.3) is 5.91 Å². The van der Waals surface area contributed by atoms with E-state index in [0.29, 0.717) is 17.7 Å². The number of hydrogen-bond acceptors (Lipinski definition) is 4. The average molecular weight is 277 g/mol. The molecule has 1 aromatic rings. The Balaban J connectivity index is 2.16. The molecule has 1 amide bonds. The van der Waals surface area contributed by atoms with Crippen molar-refractivity contribution in [3.63, 3.8) is 0 Å². The van der Waals surface area contributed by atoms with Gasteiger partial charge in [0.1, 0.15) is 6.10 Å². The number of rotatable bonds is 3. The average Bonchev–Trinajstić information content (AvgIpc) is 2.86. The quantitative estimate of drug-likeness (QED) is 0.861. The number of esters is 1. The molecule has 5 heteroatoms. The summed E-state index contributed by atoms with van der Waals surface area (Å²) in [5.74, 6) is -0.687. The van der Waals surface area contributed by atoms with Gasteiger partial charge in [-0.25, -0.2) is 4.79 Å². The first-order valence-corrected chi connectivity index (χ1v) is 6.66. The number of anilines is 1. The van der Waals surface area contributed by atoms with Gasteiger partial charge < -0.3 is 14.8 Å². The van der Waals surface area contributed by atoms with E-state index in [1.807, 2.05) is 19.9 Å². The molecule has 0 aliphatic carbocycles. The molecule has 1 aliphatic heterocycles. The zero-order valence-electron chi connectivity index (χ0n) is 11.9. The van der Waals surface area contributed by atoms with E-state index in [0.717, 1.165) is 12.0 Å². The van der Waals surface area contributed by atoms with Gasteiger partial charge in [-0.2, -0.15) is 0 Å². The third kappa shape index (κ3) is 3.17. The molecule has 2 rings (SSSR count). The van der Waals surface area contributed by atoms with Crippen LogP contribution >= 0.6 is 0 Å². The summed E-state index contributed by atoms with van der Waals surface area (Å²) in [6, 6.07) is 5.23. The van der Waals surface area contributed by atoms with Gasteiger partial charge in [-0.05, 0) is 38.8 Å².